The van der Waals surface area contributed by atoms with Crippen molar-refractivity contribution in [3.8, 4) is 5.75 Å². The van der Waals surface area contributed by atoms with Crippen molar-refractivity contribution < 1.29 is 9.13 Å². The molecule has 0 N–H and O–H groups in total. The van der Waals surface area contributed by atoms with Crippen molar-refractivity contribution in [1.29, 1.82) is 0 Å². The van der Waals surface area contributed by atoms with Gasteiger partial charge in [-0.05, 0) is 32.9 Å². The van der Waals surface area contributed by atoms with Gasteiger partial charge in [0, 0.05) is 30.1 Å². The maximum Gasteiger partial charge on any atom is 0.131 e. The first kappa shape index (κ1) is 15.3. The van der Waals surface area contributed by atoms with Gasteiger partial charge in [-0.15, -0.1) is 11.6 Å². The predicted octanol–water partition coefficient (Wildman–Crippen LogP) is 3.67. The molecule has 102 valence electrons. The van der Waals surface area contributed by atoms with E-state index in [1.54, 1.807) is 12.1 Å². The molecule has 0 heterocycles. The maximum absolute atomic E-state index is 13.9. The minimum absolute atomic E-state index is 0.217. The van der Waals surface area contributed by atoms with Crippen LogP contribution in [0.1, 0.15) is 25.8 Å². The number of alkyl halides is 1. The number of ether oxygens (including phenoxy) is 1. The molecule has 0 saturated carbocycles. The highest BCUT2D eigenvalue weighted by molar-refractivity contribution is 6.17. The zero-order chi connectivity index (χ0) is 13.5. The molecule has 0 saturated heterocycles. The van der Waals surface area contributed by atoms with Crippen molar-refractivity contribution >= 4 is 11.6 Å². The fraction of sp³-hybridized carbons (Fsp3) is 0.571. The number of methoxy groups -OCH3 is 1. The van der Waals surface area contributed by atoms with Crippen molar-refractivity contribution in [1.82, 2.24) is 4.90 Å². The summed E-state index contributed by atoms with van der Waals surface area (Å²) in [6.45, 7) is 5.70. The van der Waals surface area contributed by atoms with Crippen molar-refractivity contribution in [2.75, 3.05) is 19.5 Å². The second-order valence-electron chi connectivity index (χ2n) is 4.56. The number of nitrogens with zero attached hydrogens (tertiary/aromatic N) is 1. The summed E-state index contributed by atoms with van der Waals surface area (Å²) in [6, 6.07) is 5.37. The summed E-state index contributed by atoms with van der Waals surface area (Å²) in [7, 11) is 1.54. The number of rotatable bonds is 7. The highest BCUT2D eigenvalue weighted by Crippen LogP contribution is 2.18. The third kappa shape index (κ3) is 4.46. The Balaban J connectivity index is 2.74. The van der Waals surface area contributed by atoms with E-state index in [-0.39, 0.29) is 5.82 Å². The van der Waals surface area contributed by atoms with Crippen molar-refractivity contribution in [2.45, 2.75) is 32.9 Å². The van der Waals surface area contributed by atoms with Crippen LogP contribution in [0.25, 0.3) is 0 Å². The summed E-state index contributed by atoms with van der Waals surface area (Å²) in [5.41, 5.74) is 0.694. The van der Waals surface area contributed by atoms with Gasteiger partial charge in [-0.2, -0.15) is 0 Å². The van der Waals surface area contributed by atoms with Gasteiger partial charge >= 0.3 is 0 Å². The van der Waals surface area contributed by atoms with Crippen LogP contribution in [-0.2, 0) is 6.54 Å². The molecule has 0 spiro atoms. The largest absolute Gasteiger partial charge is 0.497 e. The molecule has 2 nitrogen and oxygen atoms in total. The van der Waals surface area contributed by atoms with Crippen LogP contribution in [-0.4, -0.2) is 30.5 Å². The summed E-state index contributed by atoms with van der Waals surface area (Å²) in [6.07, 6.45) is 0.914. The van der Waals surface area contributed by atoms with Crippen molar-refractivity contribution in [3.05, 3.63) is 29.6 Å². The minimum Gasteiger partial charge on any atom is -0.497 e. The molecule has 0 aliphatic carbocycles. The molecule has 1 aromatic rings. The summed E-state index contributed by atoms with van der Waals surface area (Å²) in [5, 5.41) is 0. The van der Waals surface area contributed by atoms with Crippen LogP contribution in [0.3, 0.4) is 0 Å². The van der Waals surface area contributed by atoms with Crippen LogP contribution in [0.4, 0.5) is 4.39 Å². The zero-order valence-electron chi connectivity index (χ0n) is 11.2. The van der Waals surface area contributed by atoms with E-state index in [1.165, 1.54) is 13.2 Å². The van der Waals surface area contributed by atoms with Gasteiger partial charge in [0.2, 0.25) is 0 Å². The van der Waals surface area contributed by atoms with E-state index in [1.807, 2.05) is 0 Å². The quantitative estimate of drug-likeness (QED) is 0.703. The predicted molar refractivity (Wildman–Crippen MR) is 73.8 cm³/mol. The van der Waals surface area contributed by atoms with Crippen LogP contribution >= 0.6 is 11.6 Å². The van der Waals surface area contributed by atoms with Gasteiger partial charge in [-0.25, -0.2) is 4.39 Å². The van der Waals surface area contributed by atoms with Crippen LogP contribution < -0.4 is 4.74 Å². The lowest BCUT2D eigenvalue weighted by atomic mass is 10.1. The number of hydrogen-bond donors (Lipinski definition) is 0. The van der Waals surface area contributed by atoms with E-state index in [0.29, 0.717) is 29.8 Å². The van der Waals surface area contributed by atoms with Gasteiger partial charge in [0.15, 0.2) is 0 Å². The molecule has 1 aromatic carbocycles. The highest BCUT2D eigenvalue weighted by Gasteiger charge is 2.12. The monoisotopic (exact) mass is 273 g/mol. The third-order valence-electron chi connectivity index (χ3n) is 2.94. The van der Waals surface area contributed by atoms with Crippen LogP contribution in [0.15, 0.2) is 18.2 Å². The van der Waals surface area contributed by atoms with E-state index in [2.05, 4.69) is 18.7 Å². The molecule has 0 amide bonds. The lowest BCUT2D eigenvalue weighted by molar-refractivity contribution is 0.211. The lowest BCUT2D eigenvalue weighted by Gasteiger charge is -2.26. The standard InChI is InChI=1S/C14H21ClFNO/c1-11(2)17(8-4-7-15)10-12-5-6-13(18-3)9-14(12)16/h5-6,9,11H,4,7-8,10H2,1-3H3. The van der Waals surface area contributed by atoms with Gasteiger partial charge in [0.25, 0.3) is 0 Å². The van der Waals surface area contributed by atoms with E-state index in [0.717, 1.165) is 13.0 Å². The summed E-state index contributed by atoms with van der Waals surface area (Å²) in [4.78, 5) is 2.22. The number of benzene rings is 1. The molecule has 18 heavy (non-hydrogen) atoms. The van der Waals surface area contributed by atoms with Crippen LogP contribution in [0.5, 0.6) is 5.75 Å². The third-order valence-corrected chi connectivity index (χ3v) is 3.21. The second kappa shape index (κ2) is 7.59. The Kier molecular flexibility index (Phi) is 6.44. The Morgan fingerprint density at radius 3 is 2.61 bits per heavy atom. The zero-order valence-corrected chi connectivity index (χ0v) is 12.0. The van der Waals surface area contributed by atoms with E-state index in [4.69, 9.17) is 16.3 Å². The van der Waals surface area contributed by atoms with Gasteiger partial charge in [-0.3, -0.25) is 4.90 Å². The van der Waals surface area contributed by atoms with Crippen LogP contribution in [0.2, 0.25) is 0 Å². The molecule has 0 atom stereocenters. The summed E-state index contributed by atoms with van der Waals surface area (Å²) < 4.78 is 18.8. The first-order valence-electron chi connectivity index (χ1n) is 6.21. The topological polar surface area (TPSA) is 12.5 Å². The fourth-order valence-electron chi connectivity index (χ4n) is 1.78. The molecular formula is C14H21ClFNO. The van der Waals surface area contributed by atoms with E-state index in [9.17, 15) is 4.39 Å². The molecule has 0 bridgehead atoms. The average Bonchev–Trinajstić information content (AvgIpc) is 2.35. The SMILES string of the molecule is COc1ccc(CN(CCCCl)C(C)C)c(F)c1. The molecule has 0 aliphatic heterocycles. The molecule has 1 rings (SSSR count). The van der Waals surface area contributed by atoms with Gasteiger partial charge in [-0.1, -0.05) is 6.07 Å². The molecule has 0 radical (unpaired) electrons. The molecular weight excluding hydrogens is 253 g/mol. The summed E-state index contributed by atoms with van der Waals surface area (Å²) in [5.74, 6) is 0.966. The fourth-order valence-corrected chi connectivity index (χ4v) is 1.90. The Labute approximate surface area is 114 Å². The smallest absolute Gasteiger partial charge is 0.131 e. The molecule has 4 heteroatoms. The summed E-state index contributed by atoms with van der Waals surface area (Å²) >= 11 is 5.71. The lowest BCUT2D eigenvalue weighted by Crippen LogP contribution is -2.31. The Morgan fingerprint density at radius 1 is 1.39 bits per heavy atom. The molecule has 0 unspecified atom stereocenters. The Hall–Kier alpha value is -0.800. The minimum atomic E-state index is -0.217. The maximum atomic E-state index is 13.9. The van der Waals surface area contributed by atoms with Gasteiger partial charge in [0.05, 0.1) is 7.11 Å². The van der Waals surface area contributed by atoms with Crippen molar-refractivity contribution in [2.24, 2.45) is 0 Å². The van der Waals surface area contributed by atoms with Crippen LogP contribution in [0, 0.1) is 5.82 Å². The van der Waals surface area contributed by atoms with Crippen molar-refractivity contribution in [3.63, 3.8) is 0 Å². The molecule has 0 fully saturated rings. The van der Waals surface area contributed by atoms with E-state index >= 15 is 0 Å². The van der Waals surface area contributed by atoms with Gasteiger partial charge in [0.1, 0.15) is 11.6 Å². The van der Waals surface area contributed by atoms with E-state index < -0.39 is 0 Å². The first-order valence-corrected chi connectivity index (χ1v) is 6.74. The normalized spacial score (nSPS) is 11.3. The highest BCUT2D eigenvalue weighted by atomic mass is 35.5. The first-order chi connectivity index (χ1) is 8.58. The molecule has 0 aromatic heterocycles. The Bertz CT molecular complexity index is 371. The Morgan fingerprint density at radius 2 is 2.11 bits per heavy atom. The second-order valence-corrected chi connectivity index (χ2v) is 4.94. The number of hydrogen-bond acceptors (Lipinski definition) is 2. The number of halogens is 2. The van der Waals surface area contributed by atoms with Gasteiger partial charge < -0.3 is 4.74 Å². The average molecular weight is 274 g/mol. The molecule has 0 aliphatic rings.